The first-order valence-corrected chi connectivity index (χ1v) is 12.3. The summed E-state index contributed by atoms with van der Waals surface area (Å²) in [5.74, 6) is -0.714. The monoisotopic (exact) mass is 475 g/mol. The number of nitrogens with one attached hydrogen (secondary N) is 1. The number of allylic oxidation sites excluding steroid dienone is 2. The van der Waals surface area contributed by atoms with Crippen LogP contribution in [0.2, 0.25) is 0 Å². The van der Waals surface area contributed by atoms with Crippen LogP contribution in [-0.2, 0) is 17.2 Å². The third kappa shape index (κ3) is 5.70. The van der Waals surface area contributed by atoms with E-state index in [1.807, 2.05) is 85.6 Å². The Morgan fingerprint density at radius 3 is 2.45 bits per heavy atom. The smallest absolute Gasteiger partial charge is 0.295 e. The van der Waals surface area contributed by atoms with E-state index < -0.39 is 22.0 Å². The highest BCUT2D eigenvalue weighted by Gasteiger charge is 2.24. The van der Waals surface area contributed by atoms with E-state index in [0.29, 0.717) is 12.2 Å². The third-order valence-electron chi connectivity index (χ3n) is 5.76. The number of likely N-dealkylation sites (N-methyl/N-ethyl adjacent to an activating group) is 1. The first-order chi connectivity index (χ1) is 15.5. The molecule has 2 aromatic rings. The molecular formula is C23H31N4O5S+. The maximum Gasteiger partial charge on any atom is 0.295 e. The fourth-order valence-electron chi connectivity index (χ4n) is 3.93. The van der Waals surface area contributed by atoms with Gasteiger partial charge in [0.15, 0.2) is 12.3 Å². The zero-order valence-corrected chi connectivity index (χ0v) is 20.1. The first kappa shape index (κ1) is 24.7. The van der Waals surface area contributed by atoms with Crippen molar-refractivity contribution in [3.63, 3.8) is 0 Å². The maximum absolute atomic E-state index is 13.2. The lowest BCUT2D eigenvalue weighted by molar-refractivity contribution is -0.530. The van der Waals surface area contributed by atoms with Gasteiger partial charge in [0.2, 0.25) is 0 Å². The molecule has 0 saturated heterocycles. The van der Waals surface area contributed by atoms with Gasteiger partial charge < -0.3 is 10.4 Å². The number of para-hydroxylation sites is 1. The highest BCUT2D eigenvalue weighted by molar-refractivity contribution is 7.85. The molecule has 0 aliphatic heterocycles. The zero-order valence-electron chi connectivity index (χ0n) is 19.3. The molecule has 2 unspecified atom stereocenters. The number of hydrogen-bond donors (Lipinski definition) is 3. The molecule has 0 saturated carbocycles. The number of nitrogens with zero attached hydrogens (tertiary/aromatic N) is 3. The number of aromatic nitrogens is 2. The van der Waals surface area contributed by atoms with Crippen molar-refractivity contribution >= 4 is 21.5 Å². The molecule has 0 radical (unpaired) electrons. The minimum Gasteiger partial charge on any atom is -0.385 e. The minimum absolute atomic E-state index is 0.0669. The zero-order chi connectivity index (χ0) is 24.3. The summed E-state index contributed by atoms with van der Waals surface area (Å²) in [7, 11) is -2.41. The lowest BCUT2D eigenvalue weighted by Crippen LogP contribution is -2.34. The van der Waals surface area contributed by atoms with Gasteiger partial charge in [-0.2, -0.15) is 8.42 Å². The van der Waals surface area contributed by atoms with Crippen LogP contribution >= 0.6 is 0 Å². The average molecular weight is 476 g/mol. The molecular weight excluding hydrogens is 444 g/mol. The molecule has 3 N–H and O–H groups in total. The van der Waals surface area contributed by atoms with Gasteiger partial charge in [-0.25, -0.2) is 9.26 Å². The molecule has 0 bridgehead atoms. The molecule has 0 spiro atoms. The molecule has 9 nitrogen and oxygen atoms in total. The Kier molecular flexibility index (Phi) is 7.41. The summed E-state index contributed by atoms with van der Waals surface area (Å²) < 4.78 is 36.3. The van der Waals surface area contributed by atoms with E-state index in [2.05, 4.69) is 5.32 Å². The molecule has 178 valence electrons. The van der Waals surface area contributed by atoms with Crippen LogP contribution in [0.1, 0.15) is 19.5 Å². The molecule has 0 fully saturated rings. The van der Waals surface area contributed by atoms with E-state index in [4.69, 9.17) is 4.55 Å². The van der Waals surface area contributed by atoms with Crippen molar-refractivity contribution in [1.29, 1.82) is 0 Å². The Morgan fingerprint density at radius 2 is 1.88 bits per heavy atom. The number of aliphatic hydroxyl groups excluding tert-OH is 1. The Labute approximate surface area is 193 Å². The van der Waals surface area contributed by atoms with Crippen LogP contribution in [0.4, 0.5) is 5.69 Å². The topological polar surface area (TPSA) is 117 Å². The molecule has 1 aliphatic rings. The molecule has 10 heteroatoms. The summed E-state index contributed by atoms with van der Waals surface area (Å²) in [4.78, 5) is 13.2. The van der Waals surface area contributed by atoms with E-state index in [9.17, 15) is 18.3 Å². The highest BCUT2D eigenvalue weighted by atomic mass is 32.2. The van der Waals surface area contributed by atoms with Gasteiger partial charge in [0.05, 0.1) is 17.4 Å². The lowest BCUT2D eigenvalue weighted by Gasteiger charge is -2.20. The van der Waals surface area contributed by atoms with Crippen LogP contribution < -0.4 is 10.9 Å². The van der Waals surface area contributed by atoms with Gasteiger partial charge in [0.25, 0.3) is 15.7 Å². The van der Waals surface area contributed by atoms with Gasteiger partial charge in [-0.15, -0.1) is 0 Å². The number of hydrogen-bond acceptors (Lipinski definition) is 5. The largest absolute Gasteiger partial charge is 0.385 e. The van der Waals surface area contributed by atoms with E-state index in [0.717, 1.165) is 22.7 Å². The standard InChI is InChI=1S/C23H30N4O5S/c1-5-26(14-20(28)15-33(30,31)32)19-11-12-21(16(2)13-19)24-22-17(3)25(4)27(23(22)29)18-9-7-6-8-10-18/h6-13,20-21,24,28H,5,14-15H2,1-4H3/p+1. The summed E-state index contributed by atoms with van der Waals surface area (Å²) in [6.45, 7) is 6.34. The van der Waals surface area contributed by atoms with Crippen LogP contribution in [0.3, 0.4) is 0 Å². The second kappa shape index (κ2) is 9.90. The fraction of sp³-hybridized carbons (Fsp3) is 0.391. The van der Waals surface area contributed by atoms with E-state index in [1.165, 1.54) is 0 Å². The molecule has 1 aromatic carbocycles. The number of anilines is 1. The van der Waals surface area contributed by atoms with Crippen LogP contribution in [0, 0.1) is 6.92 Å². The Bertz CT molecular complexity index is 1270. The highest BCUT2D eigenvalue weighted by Crippen LogP contribution is 2.19. The summed E-state index contributed by atoms with van der Waals surface area (Å²) in [6.07, 6.45) is 4.53. The number of benzene rings is 1. The predicted molar refractivity (Wildman–Crippen MR) is 129 cm³/mol. The van der Waals surface area contributed by atoms with Crippen LogP contribution in [0.15, 0.2) is 58.9 Å². The molecule has 1 aliphatic carbocycles. The molecule has 33 heavy (non-hydrogen) atoms. The Hall–Kier alpha value is -2.95. The van der Waals surface area contributed by atoms with Gasteiger partial charge in [-0.1, -0.05) is 24.3 Å². The van der Waals surface area contributed by atoms with Gasteiger partial charge in [0.1, 0.15) is 24.1 Å². The minimum atomic E-state index is -4.25. The van der Waals surface area contributed by atoms with Gasteiger partial charge >= 0.3 is 0 Å². The number of rotatable bonds is 8. The Morgan fingerprint density at radius 1 is 1.21 bits per heavy atom. The van der Waals surface area contributed by atoms with Crippen molar-refractivity contribution in [3.8, 4) is 5.69 Å². The van der Waals surface area contributed by atoms with E-state index in [1.54, 1.807) is 4.68 Å². The molecule has 1 heterocycles. The van der Waals surface area contributed by atoms with E-state index >= 15 is 0 Å². The van der Waals surface area contributed by atoms with Crippen molar-refractivity contribution in [2.75, 3.05) is 24.2 Å². The predicted octanol–water partition coefficient (Wildman–Crippen LogP) is 1.50. The lowest BCUT2D eigenvalue weighted by atomic mass is 10.00. The maximum atomic E-state index is 13.2. The normalized spacial score (nSPS) is 18.7. The third-order valence-corrected chi connectivity index (χ3v) is 6.57. The second-order valence-electron chi connectivity index (χ2n) is 8.17. The van der Waals surface area contributed by atoms with Crippen LogP contribution in [0.5, 0.6) is 0 Å². The summed E-state index contributed by atoms with van der Waals surface area (Å²) >= 11 is 0. The number of aliphatic hydroxyl groups is 1. The van der Waals surface area contributed by atoms with E-state index in [-0.39, 0.29) is 18.1 Å². The fourth-order valence-corrected chi connectivity index (χ4v) is 4.53. The summed E-state index contributed by atoms with van der Waals surface area (Å²) in [5.41, 5.74) is 3.75. The Balaban J connectivity index is 1.85. The molecule has 1 aromatic heterocycles. The molecule has 3 rings (SSSR count). The van der Waals surface area contributed by atoms with Crippen molar-refractivity contribution in [2.24, 2.45) is 7.05 Å². The van der Waals surface area contributed by atoms with Crippen LogP contribution in [-0.4, -0.2) is 68.7 Å². The average Bonchev–Trinajstić information content (AvgIpc) is 2.95. The summed E-state index contributed by atoms with van der Waals surface area (Å²) in [6, 6.07) is 9.24. The van der Waals surface area contributed by atoms with Crippen LogP contribution in [0.25, 0.3) is 5.69 Å². The molecule has 0 amide bonds. The molecule has 2 atom stereocenters. The van der Waals surface area contributed by atoms with Gasteiger partial charge in [-0.3, -0.25) is 14.0 Å². The van der Waals surface area contributed by atoms with Crippen molar-refractivity contribution in [2.45, 2.75) is 32.9 Å². The second-order valence-corrected chi connectivity index (χ2v) is 9.67. The van der Waals surface area contributed by atoms with Crippen molar-refractivity contribution in [1.82, 2.24) is 9.36 Å². The quantitative estimate of drug-likeness (QED) is 0.394. The van der Waals surface area contributed by atoms with Crippen molar-refractivity contribution in [3.05, 3.63) is 70.2 Å². The first-order valence-electron chi connectivity index (χ1n) is 10.7. The summed E-state index contributed by atoms with van der Waals surface area (Å²) in [5, 5.41) is 13.4. The van der Waals surface area contributed by atoms with Gasteiger partial charge in [0, 0.05) is 19.2 Å². The van der Waals surface area contributed by atoms with Crippen molar-refractivity contribution < 1.29 is 22.7 Å². The SMILES string of the molecule is CC[N+](CC(O)CS(=O)(=O)O)=C1C=CC(Nc2c(C)n(C)n(-c3ccccc3)c2=O)C(C)=C1. The van der Waals surface area contributed by atoms with Gasteiger partial charge in [-0.05, 0) is 38.5 Å².